The van der Waals surface area contributed by atoms with Crippen LogP contribution in [-0.4, -0.2) is 22.7 Å². The molecule has 3 rings (SSSR count). The summed E-state index contributed by atoms with van der Waals surface area (Å²) < 4.78 is 18.6. The molecule has 2 N–H and O–H groups in total. The molecule has 8 heteroatoms. The van der Waals surface area contributed by atoms with Gasteiger partial charge in [-0.2, -0.15) is 0 Å². The maximum Gasteiger partial charge on any atom is 0.258 e. The molecule has 0 aliphatic carbocycles. The molecule has 0 saturated heterocycles. The van der Waals surface area contributed by atoms with E-state index in [0.29, 0.717) is 17.3 Å². The molecule has 0 bridgehead atoms. The molecule has 27 heavy (non-hydrogen) atoms. The lowest BCUT2D eigenvalue weighted by atomic mass is 10.2. The number of hydrogen-bond acceptors (Lipinski definition) is 5. The second-order valence-corrected chi connectivity index (χ2v) is 6.67. The Hall–Kier alpha value is -3.13. The van der Waals surface area contributed by atoms with Crippen LogP contribution in [-0.2, 0) is 4.79 Å². The lowest BCUT2D eigenvalue weighted by Gasteiger charge is -2.08. The van der Waals surface area contributed by atoms with E-state index in [2.05, 4.69) is 15.8 Å². The highest BCUT2D eigenvalue weighted by atomic mass is 32.2. The minimum absolute atomic E-state index is 0.0298. The van der Waals surface area contributed by atoms with Crippen molar-refractivity contribution in [3.63, 3.8) is 0 Å². The van der Waals surface area contributed by atoms with Crippen LogP contribution >= 0.6 is 11.8 Å². The number of halogens is 1. The molecule has 0 spiro atoms. The quantitative estimate of drug-likeness (QED) is 0.624. The molecule has 138 valence electrons. The van der Waals surface area contributed by atoms with Gasteiger partial charge in [0.1, 0.15) is 11.6 Å². The Morgan fingerprint density at radius 1 is 1.11 bits per heavy atom. The van der Waals surface area contributed by atoms with E-state index in [9.17, 15) is 14.0 Å². The number of nitrogens with one attached hydrogen (secondary N) is 2. The number of benzene rings is 2. The van der Waals surface area contributed by atoms with E-state index in [-0.39, 0.29) is 17.2 Å². The van der Waals surface area contributed by atoms with Crippen molar-refractivity contribution >= 4 is 35.1 Å². The first-order chi connectivity index (χ1) is 13.0. The second-order valence-electron chi connectivity index (χ2n) is 5.62. The number of carbonyl (C=O) groups is 2. The van der Waals surface area contributed by atoms with Crippen molar-refractivity contribution in [2.24, 2.45) is 0 Å². The molecule has 1 aromatic heterocycles. The van der Waals surface area contributed by atoms with Gasteiger partial charge < -0.3 is 15.2 Å². The number of amides is 2. The Balaban J connectivity index is 1.58. The molecule has 0 saturated carbocycles. The molecular weight excluding hydrogens is 369 g/mol. The second kappa shape index (κ2) is 8.50. The molecule has 0 aliphatic heterocycles. The van der Waals surface area contributed by atoms with Crippen LogP contribution in [0.15, 0.2) is 64.0 Å². The largest absolute Gasteiger partial charge is 0.360 e. The molecule has 0 fully saturated rings. The van der Waals surface area contributed by atoms with Gasteiger partial charge in [-0.15, -0.1) is 11.8 Å². The highest BCUT2D eigenvalue weighted by Crippen LogP contribution is 2.22. The third-order valence-corrected chi connectivity index (χ3v) is 4.47. The highest BCUT2D eigenvalue weighted by molar-refractivity contribution is 8.00. The number of hydrogen-bond donors (Lipinski definition) is 2. The molecule has 0 atom stereocenters. The van der Waals surface area contributed by atoms with Gasteiger partial charge in [-0.1, -0.05) is 23.4 Å². The average Bonchev–Trinajstić information content (AvgIpc) is 3.05. The Morgan fingerprint density at radius 2 is 1.93 bits per heavy atom. The number of nitrogens with zero attached hydrogens (tertiary/aromatic N) is 1. The van der Waals surface area contributed by atoms with Crippen molar-refractivity contribution in [2.45, 2.75) is 11.8 Å². The van der Waals surface area contributed by atoms with Crippen molar-refractivity contribution in [2.75, 3.05) is 16.4 Å². The van der Waals surface area contributed by atoms with Gasteiger partial charge >= 0.3 is 0 Å². The van der Waals surface area contributed by atoms with Crippen LogP contribution in [0.2, 0.25) is 0 Å². The monoisotopic (exact) mass is 385 g/mol. The summed E-state index contributed by atoms with van der Waals surface area (Å²) in [6, 6.07) is 14.4. The molecule has 0 aliphatic rings. The molecule has 0 radical (unpaired) electrons. The highest BCUT2D eigenvalue weighted by Gasteiger charge is 2.12. The maximum absolute atomic E-state index is 13.7. The van der Waals surface area contributed by atoms with Crippen molar-refractivity contribution in [3.05, 3.63) is 71.7 Å². The molecular formula is C19H16FN3O3S. The van der Waals surface area contributed by atoms with Crippen LogP contribution in [0.5, 0.6) is 0 Å². The standard InChI is InChI=1S/C19H16FN3O3S/c1-12-9-17(23-26-12)22-18(24)11-27-14-6-4-5-13(10-14)21-19(25)15-7-2-3-8-16(15)20/h2-10H,11H2,1H3,(H,21,25)(H,22,23,24). The first kappa shape index (κ1) is 18.7. The van der Waals surface area contributed by atoms with Crippen LogP contribution in [0, 0.1) is 12.7 Å². The number of anilines is 2. The van der Waals surface area contributed by atoms with Crippen LogP contribution < -0.4 is 10.6 Å². The Kier molecular flexibility index (Phi) is 5.87. The smallest absolute Gasteiger partial charge is 0.258 e. The molecule has 3 aromatic rings. The molecule has 2 amide bonds. The summed E-state index contributed by atoms with van der Waals surface area (Å²) in [6.07, 6.45) is 0. The maximum atomic E-state index is 13.7. The predicted octanol–water partition coefficient (Wildman–Crippen LogP) is 4.11. The van der Waals surface area contributed by atoms with Crippen molar-refractivity contribution in [3.8, 4) is 0 Å². The fraction of sp³-hybridized carbons (Fsp3) is 0.105. The summed E-state index contributed by atoms with van der Waals surface area (Å²) in [6.45, 7) is 1.73. The lowest BCUT2D eigenvalue weighted by Crippen LogP contribution is -2.14. The summed E-state index contributed by atoms with van der Waals surface area (Å²) in [5, 5.41) is 8.99. The average molecular weight is 385 g/mol. The first-order valence-corrected chi connectivity index (χ1v) is 9.02. The topological polar surface area (TPSA) is 84.2 Å². The third-order valence-electron chi connectivity index (χ3n) is 3.48. The number of rotatable bonds is 6. The van der Waals surface area contributed by atoms with Gasteiger partial charge in [-0.25, -0.2) is 4.39 Å². The first-order valence-electron chi connectivity index (χ1n) is 8.03. The fourth-order valence-electron chi connectivity index (χ4n) is 2.26. The Labute approximate surface area is 159 Å². The van der Waals surface area contributed by atoms with E-state index in [0.717, 1.165) is 4.90 Å². The zero-order valence-corrected chi connectivity index (χ0v) is 15.2. The van der Waals surface area contributed by atoms with Crippen molar-refractivity contribution in [1.29, 1.82) is 0 Å². The third kappa shape index (κ3) is 5.18. The molecule has 2 aromatic carbocycles. The number of aryl methyl sites for hydroxylation is 1. The Bertz CT molecular complexity index is 974. The van der Waals surface area contributed by atoms with Gasteiger partial charge in [0, 0.05) is 16.6 Å². The molecule has 6 nitrogen and oxygen atoms in total. The van der Waals surface area contributed by atoms with E-state index < -0.39 is 11.7 Å². The summed E-state index contributed by atoms with van der Waals surface area (Å²) >= 11 is 1.30. The van der Waals surface area contributed by atoms with Crippen LogP contribution in [0.1, 0.15) is 16.1 Å². The minimum atomic E-state index is -0.583. The number of carbonyl (C=O) groups excluding carboxylic acids is 2. The predicted molar refractivity (Wildman–Crippen MR) is 101 cm³/mol. The number of thioether (sulfide) groups is 1. The summed E-state index contributed by atoms with van der Waals surface area (Å²) in [7, 11) is 0. The zero-order valence-electron chi connectivity index (χ0n) is 14.4. The van der Waals surface area contributed by atoms with E-state index in [1.165, 1.54) is 30.0 Å². The van der Waals surface area contributed by atoms with Crippen LogP contribution in [0.3, 0.4) is 0 Å². The summed E-state index contributed by atoms with van der Waals surface area (Å²) in [4.78, 5) is 24.9. The normalized spacial score (nSPS) is 10.4. The Morgan fingerprint density at radius 3 is 2.67 bits per heavy atom. The van der Waals surface area contributed by atoms with Gasteiger partial charge in [0.2, 0.25) is 5.91 Å². The van der Waals surface area contributed by atoms with Gasteiger partial charge in [0.25, 0.3) is 5.91 Å². The van der Waals surface area contributed by atoms with Crippen LogP contribution in [0.25, 0.3) is 0 Å². The van der Waals surface area contributed by atoms with E-state index in [4.69, 9.17) is 4.52 Å². The van der Waals surface area contributed by atoms with Crippen molar-refractivity contribution in [1.82, 2.24) is 5.16 Å². The van der Waals surface area contributed by atoms with Gasteiger partial charge in [-0.3, -0.25) is 9.59 Å². The minimum Gasteiger partial charge on any atom is -0.360 e. The van der Waals surface area contributed by atoms with Gasteiger partial charge in [0.05, 0.1) is 11.3 Å². The number of aromatic nitrogens is 1. The van der Waals surface area contributed by atoms with Crippen LogP contribution in [0.4, 0.5) is 15.9 Å². The van der Waals surface area contributed by atoms with E-state index in [1.807, 2.05) is 6.07 Å². The van der Waals surface area contributed by atoms with E-state index in [1.54, 1.807) is 37.3 Å². The molecule has 1 heterocycles. The van der Waals surface area contributed by atoms with Gasteiger partial charge in [-0.05, 0) is 37.3 Å². The lowest BCUT2D eigenvalue weighted by molar-refractivity contribution is -0.113. The summed E-state index contributed by atoms with van der Waals surface area (Å²) in [5.41, 5.74) is 0.485. The molecule has 0 unspecified atom stereocenters. The SMILES string of the molecule is Cc1cc(NC(=O)CSc2cccc(NC(=O)c3ccccc3F)c2)no1. The van der Waals surface area contributed by atoms with Gasteiger partial charge in [0.15, 0.2) is 5.82 Å². The zero-order chi connectivity index (χ0) is 19.2. The van der Waals surface area contributed by atoms with E-state index >= 15 is 0 Å². The fourth-order valence-corrected chi connectivity index (χ4v) is 3.02. The van der Waals surface area contributed by atoms with Crippen molar-refractivity contribution < 1.29 is 18.5 Å². The summed E-state index contributed by atoms with van der Waals surface area (Å²) in [5.74, 6) is -0.208.